The number of rotatable bonds is 27. The largest absolute Gasteiger partial charge is 0.480 e. The zero-order chi connectivity index (χ0) is 50.9. The summed E-state index contributed by atoms with van der Waals surface area (Å²) in [4.78, 5) is 122. The molecule has 0 radical (unpaired) electrons. The summed E-state index contributed by atoms with van der Waals surface area (Å²) >= 11 is 0. The maximum absolute atomic E-state index is 13.9. The number of nitrogens with two attached hydrogens (primary N) is 1. The van der Waals surface area contributed by atoms with Crippen molar-refractivity contribution in [2.75, 3.05) is 13.2 Å². The predicted octanol–water partition coefficient (Wildman–Crippen LogP) is -0.295. The van der Waals surface area contributed by atoms with Crippen LogP contribution in [0.15, 0.2) is 30.5 Å². The van der Waals surface area contributed by atoms with E-state index in [9.17, 15) is 53.4 Å². The number of carboxylic acid groups (broad SMARTS) is 1. The van der Waals surface area contributed by atoms with Crippen LogP contribution < -0.4 is 48.3 Å². The lowest BCUT2D eigenvalue weighted by atomic mass is 9.97. The van der Waals surface area contributed by atoms with E-state index in [0.29, 0.717) is 5.56 Å². The number of nitrogens with one attached hydrogen (secondary N) is 9. The molecule has 0 saturated heterocycles. The number of aromatic amines is 1. The number of carbonyl (C=O) groups excluding carboxylic acids is 8. The maximum Gasteiger partial charge on any atom is 0.326 e. The normalized spacial score (nSPS) is 15.1. The van der Waals surface area contributed by atoms with Crippen LogP contribution in [0.4, 0.5) is 0 Å². The van der Waals surface area contributed by atoms with Crippen LogP contribution in [0.2, 0.25) is 0 Å². The fourth-order valence-corrected chi connectivity index (χ4v) is 7.04. The molecule has 1 heterocycles. The molecule has 13 N–H and O–H groups in total. The van der Waals surface area contributed by atoms with Crippen LogP contribution in [0.25, 0.3) is 10.9 Å². The van der Waals surface area contributed by atoms with Crippen LogP contribution in [0, 0.1) is 29.6 Å². The second-order valence-corrected chi connectivity index (χ2v) is 18.8. The third kappa shape index (κ3) is 18.3. The van der Waals surface area contributed by atoms with Gasteiger partial charge >= 0.3 is 5.97 Å². The predicted molar refractivity (Wildman–Crippen MR) is 250 cm³/mol. The van der Waals surface area contributed by atoms with Crippen LogP contribution in [0.1, 0.15) is 94.6 Å². The monoisotopic (exact) mass is 943 g/mol. The van der Waals surface area contributed by atoms with E-state index in [4.69, 9.17) is 5.73 Å². The second-order valence-electron chi connectivity index (χ2n) is 18.8. The first kappa shape index (κ1) is 57.0. The molecule has 67 heavy (non-hydrogen) atoms. The second kappa shape index (κ2) is 26.9. The number of fused-ring (bicyclic) bond motifs is 1. The van der Waals surface area contributed by atoms with Gasteiger partial charge in [0.2, 0.25) is 47.3 Å². The number of aliphatic hydroxyl groups excluding tert-OH is 1. The van der Waals surface area contributed by atoms with Gasteiger partial charge in [-0.15, -0.1) is 0 Å². The average molecular weight is 943 g/mol. The van der Waals surface area contributed by atoms with Crippen molar-refractivity contribution >= 4 is 64.1 Å². The smallest absolute Gasteiger partial charge is 0.326 e. The van der Waals surface area contributed by atoms with Crippen molar-refractivity contribution in [1.82, 2.24) is 47.5 Å². The van der Waals surface area contributed by atoms with E-state index in [2.05, 4.69) is 47.5 Å². The Bertz CT molecular complexity index is 2030. The molecule has 1 aromatic carbocycles. The van der Waals surface area contributed by atoms with E-state index < -0.39 is 132 Å². The molecule has 0 unspecified atom stereocenters. The summed E-state index contributed by atoms with van der Waals surface area (Å²) in [5, 5.41) is 40.5. The molecule has 374 valence electrons. The molecule has 1 aromatic heterocycles. The van der Waals surface area contributed by atoms with Crippen LogP contribution in [0.5, 0.6) is 0 Å². The zero-order valence-electron chi connectivity index (χ0n) is 40.6. The van der Waals surface area contributed by atoms with E-state index >= 15 is 0 Å². The van der Waals surface area contributed by atoms with Gasteiger partial charge in [0.1, 0.15) is 48.3 Å². The summed E-state index contributed by atoms with van der Waals surface area (Å²) in [6.07, 6.45) is 2.03. The molecule has 2 aromatic rings. The first-order valence-corrected chi connectivity index (χ1v) is 22.8. The van der Waals surface area contributed by atoms with Crippen molar-refractivity contribution < 1.29 is 53.4 Å². The van der Waals surface area contributed by atoms with Gasteiger partial charge in [-0.25, -0.2) is 4.79 Å². The van der Waals surface area contributed by atoms with Gasteiger partial charge in [0.25, 0.3) is 0 Å². The molecule has 8 amide bonds. The van der Waals surface area contributed by atoms with Gasteiger partial charge in [0.05, 0.1) is 13.2 Å². The van der Waals surface area contributed by atoms with Gasteiger partial charge in [-0.05, 0) is 61.0 Å². The van der Waals surface area contributed by atoms with Gasteiger partial charge in [-0.1, -0.05) is 87.4 Å². The van der Waals surface area contributed by atoms with Gasteiger partial charge in [0, 0.05) is 23.5 Å². The number of hydrogen-bond acceptors (Lipinski definition) is 11. The van der Waals surface area contributed by atoms with Gasteiger partial charge in [-0.3, -0.25) is 38.4 Å². The van der Waals surface area contributed by atoms with Crippen LogP contribution in [-0.2, 0) is 49.6 Å². The number of hydrogen-bond donors (Lipinski definition) is 12. The molecular formula is C46H74N10O11. The van der Waals surface area contributed by atoms with Crippen molar-refractivity contribution in [1.29, 1.82) is 0 Å². The Morgan fingerprint density at radius 3 is 1.54 bits per heavy atom. The van der Waals surface area contributed by atoms with Crippen LogP contribution in [0.3, 0.4) is 0 Å². The Labute approximate surface area is 392 Å². The number of carboxylic acids is 1. The number of carbonyl (C=O) groups is 9. The Balaban J connectivity index is 2.17. The highest BCUT2D eigenvalue weighted by molar-refractivity contribution is 5.98. The number of aliphatic hydroxyl groups is 1. The molecule has 8 atom stereocenters. The summed E-state index contributed by atoms with van der Waals surface area (Å²) in [6.45, 7) is 17.5. The SMILES string of the molecule is CC(C)C[C@H](NC(=O)[C@@H](NC(=O)[C@@H](NC(=O)[C@@H](NC(=O)CNC(=O)[C@H](C)NC(=O)[C@H](Cc1c[nH]c2ccccc12)NC(=O)[C@H](CC(C)C)NC(=O)[C@@H](N)CO)C(C)C)C(C)C)C(C)C)C(=O)O. The Kier molecular flexibility index (Phi) is 22.9. The standard InChI is InChI=1S/C46H74N10O11/c1-22(2)16-32(51-40(60)30(47)21-57)42(62)52-33(18-28-19-48-31-15-13-12-14-29(28)31)41(61)50-27(11)39(59)49-20-35(58)54-36(24(5)6)44(64)56-38(26(9)10)45(65)55-37(25(7)8)43(63)53-34(46(66)67)17-23(3)4/h12-15,19,22-27,30,32-34,36-38,48,57H,16-18,20-21,47H2,1-11H3,(H,49,59)(H,50,61)(H,51,60)(H,52,62)(H,53,63)(H,54,58)(H,55,65)(H,56,64)(H,66,67)/t27-,30-,32-,33-,34-,36-,37-,38-/m0/s1. The summed E-state index contributed by atoms with van der Waals surface area (Å²) < 4.78 is 0. The van der Waals surface area contributed by atoms with Crippen LogP contribution >= 0.6 is 0 Å². The quantitative estimate of drug-likeness (QED) is 0.0550. The minimum Gasteiger partial charge on any atom is -0.480 e. The fraction of sp³-hybridized carbons (Fsp3) is 0.630. The molecular weight excluding hydrogens is 869 g/mol. The number of para-hydroxylation sites is 1. The van der Waals surface area contributed by atoms with E-state index in [1.165, 1.54) is 6.92 Å². The fourth-order valence-electron chi connectivity index (χ4n) is 7.04. The molecule has 0 aliphatic heterocycles. The first-order chi connectivity index (χ1) is 31.3. The molecule has 21 nitrogen and oxygen atoms in total. The number of aromatic nitrogens is 1. The molecule has 0 fully saturated rings. The maximum atomic E-state index is 13.9. The summed E-state index contributed by atoms with van der Waals surface area (Å²) in [7, 11) is 0. The molecule has 0 spiro atoms. The third-order valence-electron chi connectivity index (χ3n) is 10.9. The minimum atomic E-state index is -1.28. The summed E-state index contributed by atoms with van der Waals surface area (Å²) in [6, 6.07) is -2.18. The van der Waals surface area contributed by atoms with Gasteiger partial charge in [0.15, 0.2) is 0 Å². The zero-order valence-corrected chi connectivity index (χ0v) is 40.6. The number of amides is 8. The van der Waals surface area contributed by atoms with Gasteiger partial charge < -0.3 is 63.5 Å². The molecule has 21 heteroatoms. The molecule has 0 aliphatic rings. The van der Waals surface area contributed by atoms with E-state index in [1.54, 1.807) is 47.7 Å². The van der Waals surface area contributed by atoms with Crippen LogP contribution in [-0.4, -0.2) is 130 Å². The molecule has 0 saturated carbocycles. The Morgan fingerprint density at radius 1 is 0.567 bits per heavy atom. The minimum absolute atomic E-state index is 0.0197. The van der Waals surface area contributed by atoms with Crippen molar-refractivity contribution in [3.63, 3.8) is 0 Å². The first-order valence-electron chi connectivity index (χ1n) is 22.8. The summed E-state index contributed by atoms with van der Waals surface area (Å²) in [5.74, 6) is -8.58. The number of benzene rings is 1. The highest BCUT2D eigenvalue weighted by Gasteiger charge is 2.35. The Hall–Kier alpha value is -6.09. The van der Waals surface area contributed by atoms with E-state index in [-0.39, 0.29) is 31.1 Å². The highest BCUT2D eigenvalue weighted by atomic mass is 16.4. The lowest BCUT2D eigenvalue weighted by Crippen LogP contribution is -2.61. The Morgan fingerprint density at radius 2 is 1.03 bits per heavy atom. The summed E-state index contributed by atoms with van der Waals surface area (Å²) in [5.41, 5.74) is 7.14. The molecule has 2 rings (SSSR count). The third-order valence-corrected chi connectivity index (χ3v) is 10.9. The average Bonchev–Trinajstić information content (AvgIpc) is 3.65. The van der Waals surface area contributed by atoms with Gasteiger partial charge in [-0.2, -0.15) is 0 Å². The van der Waals surface area contributed by atoms with Crippen molar-refractivity contribution in [2.45, 2.75) is 144 Å². The molecule has 0 aliphatic carbocycles. The lowest BCUT2D eigenvalue weighted by molar-refractivity contribution is -0.143. The topological polar surface area (TPSA) is 332 Å². The highest BCUT2D eigenvalue weighted by Crippen LogP contribution is 2.20. The van der Waals surface area contributed by atoms with Crippen molar-refractivity contribution in [3.05, 3.63) is 36.0 Å². The van der Waals surface area contributed by atoms with Crippen molar-refractivity contribution in [2.24, 2.45) is 35.3 Å². The lowest BCUT2D eigenvalue weighted by Gasteiger charge is -2.30. The number of H-pyrrole nitrogens is 1. The molecule has 0 bridgehead atoms. The van der Waals surface area contributed by atoms with E-state index in [1.807, 2.05) is 52.0 Å². The number of aliphatic carboxylic acids is 1. The van der Waals surface area contributed by atoms with E-state index in [0.717, 1.165) is 10.9 Å². The van der Waals surface area contributed by atoms with Crippen molar-refractivity contribution in [3.8, 4) is 0 Å².